The molecule has 3 rings (SSSR count). The Morgan fingerprint density at radius 3 is 2.67 bits per heavy atom. The molecule has 2 aromatic carbocycles. The van der Waals surface area contributed by atoms with Crippen LogP contribution in [0.3, 0.4) is 0 Å². The molecule has 0 aromatic heterocycles. The number of carbonyl (C=O) groups excluding carboxylic acids is 1. The number of anilines is 1. The van der Waals surface area contributed by atoms with Crippen LogP contribution in [0, 0.1) is 6.92 Å². The molecule has 0 saturated carbocycles. The fourth-order valence-electron chi connectivity index (χ4n) is 3.48. The van der Waals surface area contributed by atoms with Gasteiger partial charge >= 0.3 is 0 Å². The molecule has 2 unspecified atom stereocenters. The van der Waals surface area contributed by atoms with Crippen LogP contribution in [-0.4, -0.2) is 40.3 Å². The predicted octanol–water partition coefficient (Wildman–Crippen LogP) is 3.45. The minimum absolute atomic E-state index is 0.129. The Balaban J connectivity index is 1.84. The van der Waals surface area contributed by atoms with Gasteiger partial charge in [-0.05, 0) is 48.7 Å². The Morgan fingerprint density at radius 2 is 2.07 bits per heavy atom. The molecule has 162 valence electrons. The Morgan fingerprint density at radius 1 is 1.33 bits per heavy atom. The van der Waals surface area contributed by atoms with Crippen LogP contribution in [0.15, 0.2) is 36.4 Å². The van der Waals surface area contributed by atoms with E-state index < -0.39 is 16.1 Å². The standard InChI is InChI=1S/C21H25ClN2O5S/c1-5-16(14-6-8-18(28-3)13(2)10-14)23-21(25)20-12-24(30(4,26)27)17-11-15(22)7-9-19(17)29-20/h6-11,16,20H,5,12H2,1-4H3,(H,23,25). The highest BCUT2D eigenvalue weighted by atomic mass is 35.5. The summed E-state index contributed by atoms with van der Waals surface area (Å²) < 4.78 is 36.9. The Hall–Kier alpha value is -2.45. The van der Waals surface area contributed by atoms with E-state index in [4.69, 9.17) is 21.1 Å². The number of ether oxygens (including phenoxy) is 2. The van der Waals surface area contributed by atoms with E-state index in [-0.39, 0.29) is 18.5 Å². The lowest BCUT2D eigenvalue weighted by Gasteiger charge is -2.34. The normalized spacial score (nSPS) is 17.0. The number of fused-ring (bicyclic) bond motifs is 1. The third kappa shape index (κ3) is 4.65. The summed E-state index contributed by atoms with van der Waals surface area (Å²) in [5.41, 5.74) is 2.23. The highest BCUT2D eigenvalue weighted by molar-refractivity contribution is 7.92. The maximum atomic E-state index is 13.0. The van der Waals surface area contributed by atoms with Gasteiger partial charge in [0, 0.05) is 5.02 Å². The first-order valence-corrected chi connectivity index (χ1v) is 11.8. The minimum Gasteiger partial charge on any atom is -0.496 e. The van der Waals surface area contributed by atoms with Crippen LogP contribution in [0.4, 0.5) is 5.69 Å². The second-order valence-electron chi connectivity index (χ2n) is 7.21. The molecule has 2 aromatic rings. The van der Waals surface area contributed by atoms with Gasteiger partial charge in [0.25, 0.3) is 5.91 Å². The molecular formula is C21H25ClN2O5S. The van der Waals surface area contributed by atoms with Crippen molar-refractivity contribution in [3.8, 4) is 11.5 Å². The molecule has 7 nitrogen and oxygen atoms in total. The molecule has 0 aliphatic carbocycles. The Kier molecular flexibility index (Phi) is 6.47. The lowest BCUT2D eigenvalue weighted by molar-refractivity contribution is -0.128. The quantitative estimate of drug-likeness (QED) is 0.725. The van der Waals surface area contributed by atoms with E-state index >= 15 is 0 Å². The van der Waals surface area contributed by atoms with E-state index in [1.807, 2.05) is 32.0 Å². The van der Waals surface area contributed by atoms with Gasteiger partial charge in [0.15, 0.2) is 6.10 Å². The van der Waals surface area contributed by atoms with Gasteiger partial charge < -0.3 is 14.8 Å². The summed E-state index contributed by atoms with van der Waals surface area (Å²) in [5.74, 6) is 0.684. The number of rotatable bonds is 6. The van der Waals surface area contributed by atoms with Gasteiger partial charge in [-0.1, -0.05) is 30.7 Å². The number of nitrogens with one attached hydrogen (secondary N) is 1. The number of amides is 1. The van der Waals surface area contributed by atoms with Gasteiger partial charge in [-0.25, -0.2) is 8.42 Å². The lowest BCUT2D eigenvalue weighted by atomic mass is 10.0. The third-order valence-electron chi connectivity index (χ3n) is 5.03. The van der Waals surface area contributed by atoms with Crippen molar-refractivity contribution in [1.82, 2.24) is 5.32 Å². The zero-order valence-electron chi connectivity index (χ0n) is 17.3. The fraction of sp³-hybridized carbons (Fsp3) is 0.381. The zero-order chi connectivity index (χ0) is 22.1. The van der Waals surface area contributed by atoms with E-state index in [9.17, 15) is 13.2 Å². The first kappa shape index (κ1) is 22.2. The summed E-state index contributed by atoms with van der Waals surface area (Å²) in [6.07, 6.45) is 0.765. The van der Waals surface area contributed by atoms with Crippen LogP contribution in [-0.2, 0) is 14.8 Å². The molecule has 1 aliphatic heterocycles. The summed E-state index contributed by atoms with van der Waals surface area (Å²) in [6.45, 7) is 3.77. The number of methoxy groups -OCH3 is 1. The van der Waals surface area contributed by atoms with Crippen LogP contribution >= 0.6 is 11.6 Å². The monoisotopic (exact) mass is 452 g/mol. The van der Waals surface area contributed by atoms with Gasteiger partial charge in [-0.15, -0.1) is 0 Å². The molecule has 2 atom stereocenters. The smallest absolute Gasteiger partial charge is 0.263 e. The number of benzene rings is 2. The summed E-state index contributed by atoms with van der Waals surface area (Å²) in [6, 6.07) is 10.2. The third-order valence-corrected chi connectivity index (χ3v) is 6.41. The molecule has 1 aliphatic rings. The first-order chi connectivity index (χ1) is 14.1. The number of hydrogen-bond donors (Lipinski definition) is 1. The molecule has 1 heterocycles. The molecule has 0 bridgehead atoms. The molecule has 0 saturated heterocycles. The Bertz CT molecular complexity index is 1060. The van der Waals surface area contributed by atoms with Crippen LogP contribution in [0.2, 0.25) is 5.02 Å². The van der Waals surface area contributed by atoms with Gasteiger partial charge in [0.2, 0.25) is 10.0 Å². The molecule has 0 fully saturated rings. The highest BCUT2D eigenvalue weighted by Gasteiger charge is 2.35. The Labute approximate surface area is 182 Å². The number of aryl methyl sites for hydroxylation is 1. The molecule has 9 heteroatoms. The second-order valence-corrected chi connectivity index (χ2v) is 9.55. The minimum atomic E-state index is -3.62. The highest BCUT2D eigenvalue weighted by Crippen LogP contribution is 2.37. The average Bonchev–Trinajstić information content (AvgIpc) is 2.70. The predicted molar refractivity (Wildman–Crippen MR) is 117 cm³/mol. The fourth-order valence-corrected chi connectivity index (χ4v) is 4.55. The van der Waals surface area contributed by atoms with E-state index in [1.165, 1.54) is 6.07 Å². The van der Waals surface area contributed by atoms with Gasteiger partial charge in [-0.2, -0.15) is 0 Å². The van der Waals surface area contributed by atoms with Crippen molar-refractivity contribution in [1.29, 1.82) is 0 Å². The summed E-state index contributed by atoms with van der Waals surface area (Å²) >= 11 is 6.02. The number of hydrogen-bond acceptors (Lipinski definition) is 5. The van der Waals surface area contributed by atoms with Gasteiger partial charge in [0.1, 0.15) is 11.5 Å². The van der Waals surface area contributed by atoms with Crippen molar-refractivity contribution < 1.29 is 22.7 Å². The van der Waals surface area contributed by atoms with Crippen LogP contribution in [0.1, 0.15) is 30.5 Å². The number of carbonyl (C=O) groups is 1. The molecule has 1 amide bonds. The van der Waals surface area contributed by atoms with Gasteiger partial charge in [-0.3, -0.25) is 9.10 Å². The van der Waals surface area contributed by atoms with Crippen molar-refractivity contribution in [3.63, 3.8) is 0 Å². The summed E-state index contributed by atoms with van der Waals surface area (Å²) in [4.78, 5) is 13.0. The first-order valence-electron chi connectivity index (χ1n) is 9.52. The van der Waals surface area contributed by atoms with Crippen LogP contribution in [0.5, 0.6) is 11.5 Å². The largest absolute Gasteiger partial charge is 0.496 e. The summed E-state index contributed by atoms with van der Waals surface area (Å²) in [7, 11) is -2.01. The van der Waals surface area contributed by atoms with Crippen molar-refractivity contribution in [2.75, 3.05) is 24.2 Å². The van der Waals surface area contributed by atoms with Crippen molar-refractivity contribution in [2.24, 2.45) is 0 Å². The van der Waals surface area contributed by atoms with E-state index in [1.54, 1.807) is 19.2 Å². The number of nitrogens with zero attached hydrogens (tertiary/aromatic N) is 1. The van der Waals surface area contributed by atoms with Crippen molar-refractivity contribution >= 4 is 33.2 Å². The number of sulfonamides is 1. The molecule has 0 spiro atoms. The zero-order valence-corrected chi connectivity index (χ0v) is 18.9. The van der Waals surface area contributed by atoms with Crippen LogP contribution < -0.4 is 19.1 Å². The molecule has 1 N–H and O–H groups in total. The van der Waals surface area contributed by atoms with Crippen molar-refractivity contribution in [3.05, 3.63) is 52.5 Å². The average molecular weight is 453 g/mol. The summed E-state index contributed by atoms with van der Waals surface area (Å²) in [5, 5.41) is 3.36. The SMILES string of the molecule is CCC(NC(=O)C1CN(S(C)(=O)=O)c2cc(Cl)ccc2O1)c1ccc(OC)c(C)c1. The van der Waals surface area contributed by atoms with E-state index in [0.29, 0.717) is 22.9 Å². The van der Waals surface area contributed by atoms with Crippen LogP contribution in [0.25, 0.3) is 0 Å². The maximum absolute atomic E-state index is 13.0. The molecular weight excluding hydrogens is 428 g/mol. The topological polar surface area (TPSA) is 84.9 Å². The van der Waals surface area contributed by atoms with Crippen molar-refractivity contribution in [2.45, 2.75) is 32.4 Å². The second kappa shape index (κ2) is 8.73. The van der Waals surface area contributed by atoms with Gasteiger partial charge in [0.05, 0.1) is 31.6 Å². The van der Waals surface area contributed by atoms with E-state index in [2.05, 4.69) is 5.32 Å². The lowest BCUT2D eigenvalue weighted by Crippen LogP contribution is -2.51. The van der Waals surface area contributed by atoms with E-state index in [0.717, 1.165) is 27.4 Å². The number of halogens is 1. The molecule has 30 heavy (non-hydrogen) atoms. The maximum Gasteiger partial charge on any atom is 0.263 e. The molecule has 0 radical (unpaired) electrons.